The molecule has 24 heavy (non-hydrogen) atoms. The van der Waals surface area contributed by atoms with Gasteiger partial charge in [-0.15, -0.1) is 0 Å². The van der Waals surface area contributed by atoms with Crippen LogP contribution in [0.3, 0.4) is 0 Å². The van der Waals surface area contributed by atoms with Gasteiger partial charge in [-0.1, -0.05) is 12.8 Å². The zero-order valence-corrected chi connectivity index (χ0v) is 12.8. The highest BCUT2D eigenvalue weighted by atomic mass is 19.4. The molecule has 0 spiro atoms. The van der Waals surface area contributed by atoms with E-state index in [9.17, 15) is 13.2 Å². The van der Waals surface area contributed by atoms with Crippen LogP contribution in [0.25, 0.3) is 0 Å². The van der Waals surface area contributed by atoms with E-state index in [1.165, 1.54) is 11.0 Å². The van der Waals surface area contributed by atoms with Crippen molar-refractivity contribution in [3.05, 3.63) is 29.7 Å². The van der Waals surface area contributed by atoms with Crippen LogP contribution < -0.4 is 4.90 Å². The minimum absolute atomic E-state index is 0.119. The van der Waals surface area contributed by atoms with Crippen molar-refractivity contribution in [2.24, 2.45) is 0 Å². The summed E-state index contributed by atoms with van der Waals surface area (Å²) in [5.74, 6) is -0.212. The van der Waals surface area contributed by atoms with Gasteiger partial charge in [-0.05, 0) is 30.2 Å². The molecule has 1 saturated heterocycles. The fourth-order valence-electron chi connectivity index (χ4n) is 2.91. The minimum atomic E-state index is -4.48. The van der Waals surface area contributed by atoms with Crippen LogP contribution in [0.4, 0.5) is 19.2 Å². The van der Waals surface area contributed by atoms with Crippen molar-refractivity contribution in [2.75, 3.05) is 18.0 Å². The lowest BCUT2D eigenvalue weighted by atomic mass is 10.1. The normalized spacial score (nSPS) is 22.8. The molecule has 1 aromatic rings. The van der Waals surface area contributed by atoms with Crippen LogP contribution in [0.15, 0.2) is 28.4 Å². The number of rotatable bonds is 2. The van der Waals surface area contributed by atoms with Crippen molar-refractivity contribution in [1.82, 2.24) is 15.0 Å². The first-order chi connectivity index (χ1) is 11.5. The molecule has 3 heterocycles. The summed E-state index contributed by atoms with van der Waals surface area (Å²) in [7, 11) is 0. The van der Waals surface area contributed by atoms with Crippen molar-refractivity contribution in [2.45, 2.75) is 38.0 Å². The number of anilines is 1. The predicted octanol–water partition coefficient (Wildman–Crippen LogP) is 2.97. The number of nitriles is 1. The van der Waals surface area contributed by atoms with Crippen LogP contribution in [0, 0.1) is 11.3 Å². The van der Waals surface area contributed by atoms with Crippen LogP contribution in [-0.2, 0) is 0 Å². The number of likely N-dealkylation sites (tertiary alicyclic amines) is 1. The summed E-state index contributed by atoms with van der Waals surface area (Å²) in [4.78, 5) is 7.23. The van der Waals surface area contributed by atoms with E-state index in [-0.39, 0.29) is 11.8 Å². The van der Waals surface area contributed by atoms with Gasteiger partial charge in [-0.2, -0.15) is 23.4 Å². The number of allylic oxidation sites excluding steroid dienone is 2. The average Bonchev–Trinajstić information content (AvgIpc) is 2.88. The van der Waals surface area contributed by atoms with Gasteiger partial charge >= 0.3 is 12.2 Å². The van der Waals surface area contributed by atoms with E-state index in [0.717, 1.165) is 51.0 Å². The average molecular weight is 339 g/mol. The van der Waals surface area contributed by atoms with Gasteiger partial charge in [0.05, 0.1) is 5.57 Å². The molecule has 1 aromatic heterocycles. The Morgan fingerprint density at radius 2 is 1.92 bits per heavy atom. The Balaban J connectivity index is 1.93. The third-order valence-corrected chi connectivity index (χ3v) is 4.09. The highest BCUT2D eigenvalue weighted by Crippen LogP contribution is 2.33. The fraction of sp³-hybridized carbons (Fsp3) is 0.533. The molecule has 6 nitrogen and oxygen atoms in total. The van der Waals surface area contributed by atoms with Crippen molar-refractivity contribution in [3.63, 3.8) is 0 Å². The molecule has 128 valence electrons. The molecule has 9 heteroatoms. The highest BCUT2D eigenvalue weighted by Gasteiger charge is 2.37. The van der Waals surface area contributed by atoms with E-state index < -0.39 is 17.9 Å². The van der Waals surface area contributed by atoms with E-state index in [1.54, 1.807) is 6.07 Å². The van der Waals surface area contributed by atoms with Crippen molar-refractivity contribution in [1.29, 1.82) is 5.26 Å². The molecule has 0 saturated carbocycles. The van der Waals surface area contributed by atoms with Gasteiger partial charge in [0, 0.05) is 19.3 Å². The molecule has 1 atom stereocenters. The number of hydrogen-bond donors (Lipinski definition) is 0. The zero-order chi connectivity index (χ0) is 17.2. The fourth-order valence-corrected chi connectivity index (χ4v) is 2.91. The van der Waals surface area contributed by atoms with E-state index in [0.29, 0.717) is 0 Å². The summed E-state index contributed by atoms with van der Waals surface area (Å²) >= 11 is 0. The largest absolute Gasteiger partial charge is 0.417 e. The monoisotopic (exact) mass is 339 g/mol. The second-order valence-corrected chi connectivity index (χ2v) is 5.72. The molecule has 3 rings (SSSR count). The summed E-state index contributed by atoms with van der Waals surface area (Å²) in [5.41, 5.74) is -0.801. The predicted molar refractivity (Wildman–Crippen MR) is 78.6 cm³/mol. The Morgan fingerprint density at radius 1 is 1.21 bits per heavy atom. The number of hydrogen-bond acceptors (Lipinski definition) is 6. The number of halogens is 3. The summed E-state index contributed by atoms with van der Waals surface area (Å²) in [5, 5.41) is 12.3. The molecule has 0 aliphatic carbocycles. The molecule has 2 aliphatic rings. The van der Waals surface area contributed by atoms with Crippen LogP contribution in [0.1, 0.15) is 31.5 Å². The lowest BCUT2D eigenvalue weighted by Crippen LogP contribution is -2.47. The number of aromatic nitrogens is 2. The Morgan fingerprint density at radius 3 is 2.50 bits per heavy atom. The molecule has 0 N–H and O–H groups in total. The summed E-state index contributed by atoms with van der Waals surface area (Å²) in [6, 6.07) is 1.60. The molecule has 1 unspecified atom stereocenters. The van der Waals surface area contributed by atoms with E-state index in [1.807, 2.05) is 0 Å². The Labute approximate surface area is 136 Å². The lowest BCUT2D eigenvalue weighted by molar-refractivity contribution is -0.0888. The maximum Gasteiger partial charge on any atom is 0.417 e. The maximum absolute atomic E-state index is 13.1. The Kier molecular flexibility index (Phi) is 4.57. The lowest BCUT2D eigenvalue weighted by Gasteiger charge is -2.37. The maximum atomic E-state index is 13.1. The third-order valence-electron chi connectivity index (χ3n) is 4.09. The smallest absolute Gasteiger partial charge is 0.314 e. The highest BCUT2D eigenvalue weighted by molar-refractivity contribution is 5.45. The summed E-state index contributed by atoms with van der Waals surface area (Å²) in [6.07, 6.45) is 2.80. The first kappa shape index (κ1) is 16.5. The molecule has 0 amide bonds. The molecule has 0 bridgehead atoms. The van der Waals surface area contributed by atoms with E-state index in [2.05, 4.69) is 15.0 Å². The zero-order valence-electron chi connectivity index (χ0n) is 12.8. The Bertz CT molecular complexity index is 680. The van der Waals surface area contributed by atoms with Gasteiger partial charge < -0.3 is 4.52 Å². The van der Waals surface area contributed by atoms with Gasteiger partial charge in [0.1, 0.15) is 12.2 Å². The SMILES string of the molecule is N#Cc1noc(N2C=C(C(F)(F)F)C=CC2N2CCCCCC2)n1. The molecule has 0 aromatic carbocycles. The molecule has 1 fully saturated rings. The van der Waals surface area contributed by atoms with Crippen LogP contribution in [0.5, 0.6) is 0 Å². The summed E-state index contributed by atoms with van der Waals surface area (Å²) < 4.78 is 44.1. The number of alkyl halides is 3. The topological polar surface area (TPSA) is 69.2 Å². The van der Waals surface area contributed by atoms with Crippen molar-refractivity contribution < 1.29 is 17.7 Å². The molecular weight excluding hydrogens is 323 g/mol. The molecule has 2 aliphatic heterocycles. The quantitative estimate of drug-likeness (QED) is 0.825. The van der Waals surface area contributed by atoms with E-state index >= 15 is 0 Å². The van der Waals surface area contributed by atoms with Crippen molar-refractivity contribution >= 4 is 6.01 Å². The minimum Gasteiger partial charge on any atom is -0.314 e. The van der Waals surface area contributed by atoms with Crippen molar-refractivity contribution in [3.8, 4) is 6.07 Å². The standard InChI is InChI=1S/C15H16F3N5O/c16-15(17,18)11-5-6-13(22-7-3-1-2-4-8-22)23(10-11)14-20-12(9-19)21-24-14/h5-6,10,13H,1-4,7-8H2. The van der Waals surface area contributed by atoms with Gasteiger partial charge in [0.2, 0.25) is 0 Å². The van der Waals surface area contributed by atoms with Gasteiger partial charge in [-0.25, -0.2) is 0 Å². The first-order valence-electron chi connectivity index (χ1n) is 7.72. The molecule has 0 radical (unpaired) electrons. The molecular formula is C15H16F3N5O. The second-order valence-electron chi connectivity index (χ2n) is 5.72. The van der Waals surface area contributed by atoms with E-state index in [4.69, 9.17) is 9.78 Å². The third kappa shape index (κ3) is 3.43. The number of nitrogens with zero attached hydrogens (tertiary/aromatic N) is 5. The van der Waals surface area contributed by atoms with Gasteiger partial charge in [0.25, 0.3) is 5.82 Å². The summed E-state index contributed by atoms with van der Waals surface area (Å²) in [6.45, 7) is 1.56. The first-order valence-corrected chi connectivity index (χ1v) is 7.72. The van der Waals surface area contributed by atoms with Gasteiger partial charge in [-0.3, -0.25) is 9.80 Å². The van der Waals surface area contributed by atoms with Crippen LogP contribution >= 0.6 is 0 Å². The second kappa shape index (κ2) is 6.65. The van der Waals surface area contributed by atoms with Gasteiger partial charge in [0.15, 0.2) is 0 Å². The Hall–Kier alpha value is -2.34. The van der Waals surface area contributed by atoms with Crippen LogP contribution in [0.2, 0.25) is 0 Å². The van der Waals surface area contributed by atoms with Crippen LogP contribution in [-0.4, -0.2) is 40.5 Å².